The lowest BCUT2D eigenvalue weighted by molar-refractivity contribution is -0.116. The minimum absolute atomic E-state index is 0.0564. The highest BCUT2D eigenvalue weighted by atomic mass is 32.1. The van der Waals surface area contributed by atoms with Crippen molar-refractivity contribution in [3.8, 4) is 22.8 Å². The molecule has 1 aliphatic rings. The van der Waals surface area contributed by atoms with E-state index in [4.69, 9.17) is 19.2 Å². The Morgan fingerprint density at radius 2 is 1.94 bits per heavy atom. The molecule has 0 saturated carbocycles. The van der Waals surface area contributed by atoms with Gasteiger partial charge in [0.25, 0.3) is 0 Å². The van der Waals surface area contributed by atoms with Crippen molar-refractivity contribution in [3.05, 3.63) is 59.0 Å². The highest BCUT2D eigenvalue weighted by molar-refractivity contribution is 7.16. The summed E-state index contributed by atoms with van der Waals surface area (Å²) in [6, 6.07) is 15.9. The van der Waals surface area contributed by atoms with Gasteiger partial charge in [-0.2, -0.15) is 0 Å². The minimum atomic E-state index is -0.0564. The molecule has 1 saturated heterocycles. The van der Waals surface area contributed by atoms with E-state index < -0.39 is 0 Å². The fourth-order valence-electron chi connectivity index (χ4n) is 3.88. The molecular weight excluding hydrogens is 450 g/mol. The second-order valence-electron chi connectivity index (χ2n) is 8.01. The van der Waals surface area contributed by atoms with Crippen molar-refractivity contribution >= 4 is 22.4 Å². The lowest BCUT2D eigenvalue weighted by atomic mass is 10.1. The Kier molecular flexibility index (Phi) is 8.51. The quantitative estimate of drug-likeness (QED) is 0.456. The van der Waals surface area contributed by atoms with Gasteiger partial charge in [-0.05, 0) is 31.0 Å². The SMILES string of the molecule is CCOc1ccc(CCC(=O)Nc2nc(-c3ccccc3)c(CN3CCOCC3)s2)cc1OC. The highest BCUT2D eigenvalue weighted by Crippen LogP contribution is 2.33. The maximum Gasteiger partial charge on any atom is 0.226 e. The van der Waals surface area contributed by atoms with Crippen LogP contribution >= 0.6 is 11.3 Å². The predicted molar refractivity (Wildman–Crippen MR) is 135 cm³/mol. The van der Waals surface area contributed by atoms with E-state index >= 15 is 0 Å². The number of carbonyl (C=O) groups excluding carboxylic acids is 1. The maximum absolute atomic E-state index is 12.7. The molecule has 180 valence electrons. The fourth-order valence-corrected chi connectivity index (χ4v) is 4.92. The summed E-state index contributed by atoms with van der Waals surface area (Å²) in [6.07, 6.45) is 0.961. The van der Waals surface area contributed by atoms with Gasteiger partial charge in [-0.25, -0.2) is 4.98 Å². The number of nitrogens with one attached hydrogen (secondary N) is 1. The number of thiazole rings is 1. The molecule has 1 aliphatic heterocycles. The summed E-state index contributed by atoms with van der Waals surface area (Å²) in [7, 11) is 1.62. The number of nitrogens with zero attached hydrogens (tertiary/aromatic N) is 2. The first-order valence-corrected chi connectivity index (χ1v) is 12.4. The molecule has 0 atom stereocenters. The first kappa shape index (κ1) is 24.2. The number of ether oxygens (including phenoxy) is 3. The number of methoxy groups -OCH3 is 1. The van der Waals surface area contributed by atoms with Gasteiger partial charge in [-0.15, -0.1) is 0 Å². The van der Waals surface area contributed by atoms with Crippen LogP contribution in [0.1, 0.15) is 23.8 Å². The zero-order valence-corrected chi connectivity index (χ0v) is 20.5. The number of carbonyl (C=O) groups is 1. The van der Waals surface area contributed by atoms with Gasteiger partial charge in [-0.3, -0.25) is 9.69 Å². The summed E-state index contributed by atoms with van der Waals surface area (Å²) < 4.78 is 16.5. The van der Waals surface area contributed by atoms with Crippen LogP contribution in [0, 0.1) is 0 Å². The van der Waals surface area contributed by atoms with E-state index in [1.165, 1.54) is 0 Å². The van der Waals surface area contributed by atoms with E-state index in [2.05, 4.69) is 22.3 Å². The number of aryl methyl sites for hydroxylation is 1. The molecule has 8 heteroatoms. The average Bonchev–Trinajstić information content (AvgIpc) is 3.26. The lowest BCUT2D eigenvalue weighted by Gasteiger charge is -2.26. The molecule has 0 spiro atoms. The average molecular weight is 482 g/mol. The van der Waals surface area contributed by atoms with Gasteiger partial charge in [0.05, 0.1) is 32.6 Å². The molecule has 34 heavy (non-hydrogen) atoms. The molecule has 1 fully saturated rings. The zero-order chi connectivity index (χ0) is 23.8. The van der Waals surface area contributed by atoms with Gasteiger partial charge in [0.1, 0.15) is 0 Å². The molecule has 1 amide bonds. The van der Waals surface area contributed by atoms with Gasteiger partial charge in [-0.1, -0.05) is 47.7 Å². The largest absolute Gasteiger partial charge is 0.493 e. The fraction of sp³-hybridized carbons (Fsp3) is 0.385. The molecule has 1 N–H and O–H groups in total. The second-order valence-corrected chi connectivity index (χ2v) is 9.10. The smallest absolute Gasteiger partial charge is 0.226 e. The summed E-state index contributed by atoms with van der Waals surface area (Å²) in [4.78, 5) is 21.0. The number of hydrogen-bond acceptors (Lipinski definition) is 7. The number of amides is 1. The van der Waals surface area contributed by atoms with Crippen molar-refractivity contribution in [3.63, 3.8) is 0 Å². The summed E-state index contributed by atoms with van der Waals surface area (Å²) in [5.74, 6) is 1.33. The zero-order valence-electron chi connectivity index (χ0n) is 19.7. The Balaban J connectivity index is 1.43. The summed E-state index contributed by atoms with van der Waals surface area (Å²) >= 11 is 1.55. The molecule has 7 nitrogen and oxygen atoms in total. The standard InChI is InChI=1S/C26H31N3O4S/c1-3-33-21-11-9-19(17-22(21)31-2)10-12-24(30)27-26-28-25(20-7-5-4-6-8-20)23(34-26)18-29-13-15-32-16-14-29/h4-9,11,17H,3,10,12-16,18H2,1-2H3,(H,27,28,30). The van der Waals surface area contributed by atoms with Crippen molar-refractivity contribution < 1.29 is 19.0 Å². The van der Waals surface area contributed by atoms with Crippen LogP contribution in [0.25, 0.3) is 11.3 Å². The number of aromatic nitrogens is 1. The van der Waals surface area contributed by atoms with E-state index in [9.17, 15) is 4.79 Å². The number of rotatable bonds is 10. The van der Waals surface area contributed by atoms with Crippen molar-refractivity contribution in [2.45, 2.75) is 26.3 Å². The van der Waals surface area contributed by atoms with Crippen LogP contribution in [-0.4, -0.2) is 55.8 Å². The Bertz CT molecular complexity index is 1080. The van der Waals surface area contributed by atoms with Gasteiger partial charge >= 0.3 is 0 Å². The molecule has 1 aromatic heterocycles. The molecule has 2 heterocycles. The van der Waals surface area contributed by atoms with Crippen molar-refractivity contribution in [1.82, 2.24) is 9.88 Å². The number of hydrogen-bond donors (Lipinski definition) is 1. The van der Waals surface area contributed by atoms with Gasteiger partial charge in [0.2, 0.25) is 5.91 Å². The topological polar surface area (TPSA) is 72.9 Å². The molecule has 3 aromatic rings. The predicted octanol–water partition coefficient (Wildman–Crippen LogP) is 4.62. The third-order valence-corrected chi connectivity index (χ3v) is 6.59. The third-order valence-electron chi connectivity index (χ3n) is 5.63. The molecular formula is C26H31N3O4S. The molecule has 0 unspecified atom stereocenters. The monoisotopic (exact) mass is 481 g/mol. The molecule has 0 bridgehead atoms. The van der Waals surface area contributed by atoms with Crippen LogP contribution < -0.4 is 14.8 Å². The first-order chi connectivity index (χ1) is 16.7. The van der Waals surface area contributed by atoms with E-state index in [1.807, 2.05) is 43.3 Å². The summed E-state index contributed by atoms with van der Waals surface area (Å²) in [6.45, 7) is 6.61. The van der Waals surface area contributed by atoms with Gasteiger partial charge in [0, 0.05) is 36.5 Å². The van der Waals surface area contributed by atoms with Crippen molar-refractivity contribution in [1.29, 1.82) is 0 Å². The molecule has 4 rings (SSSR count). The normalized spacial score (nSPS) is 14.1. The van der Waals surface area contributed by atoms with Crippen LogP contribution in [0.15, 0.2) is 48.5 Å². The van der Waals surface area contributed by atoms with Crippen molar-refractivity contribution in [2.24, 2.45) is 0 Å². The third kappa shape index (κ3) is 6.34. The summed E-state index contributed by atoms with van der Waals surface area (Å²) in [5.41, 5.74) is 3.01. The number of anilines is 1. The lowest BCUT2D eigenvalue weighted by Crippen LogP contribution is -2.35. The Morgan fingerprint density at radius 1 is 1.15 bits per heavy atom. The van der Waals surface area contributed by atoms with Crippen LogP contribution in [0.3, 0.4) is 0 Å². The van der Waals surface area contributed by atoms with Crippen LogP contribution in [0.2, 0.25) is 0 Å². The van der Waals surface area contributed by atoms with Gasteiger partial charge < -0.3 is 19.5 Å². The molecule has 0 aliphatic carbocycles. The molecule has 2 aromatic carbocycles. The number of morpholine rings is 1. The van der Waals surface area contributed by atoms with Crippen molar-refractivity contribution in [2.75, 3.05) is 45.3 Å². The Morgan fingerprint density at radius 3 is 2.68 bits per heavy atom. The highest BCUT2D eigenvalue weighted by Gasteiger charge is 2.19. The van der Waals surface area contributed by atoms with E-state index in [-0.39, 0.29) is 5.91 Å². The minimum Gasteiger partial charge on any atom is -0.493 e. The van der Waals surface area contributed by atoms with E-state index in [0.29, 0.717) is 36.1 Å². The second kappa shape index (κ2) is 12.0. The molecule has 0 radical (unpaired) electrons. The van der Waals surface area contributed by atoms with E-state index in [1.54, 1.807) is 18.4 Å². The number of benzene rings is 2. The van der Waals surface area contributed by atoms with Gasteiger partial charge in [0.15, 0.2) is 16.6 Å². The van der Waals surface area contributed by atoms with E-state index in [0.717, 1.165) is 54.5 Å². The Labute approximate surface area is 204 Å². The van der Waals surface area contributed by atoms with Crippen LogP contribution in [-0.2, 0) is 22.5 Å². The first-order valence-electron chi connectivity index (χ1n) is 11.6. The summed E-state index contributed by atoms with van der Waals surface area (Å²) in [5, 5.41) is 3.65. The van der Waals surface area contributed by atoms with Crippen LogP contribution in [0.5, 0.6) is 11.5 Å². The van der Waals surface area contributed by atoms with Crippen LogP contribution in [0.4, 0.5) is 5.13 Å². The Hall–Kier alpha value is -2.94. The maximum atomic E-state index is 12.7.